The number of hydrogen-bond donors (Lipinski definition) is 2. The highest BCUT2D eigenvalue weighted by Gasteiger charge is 2.41. The van der Waals surface area contributed by atoms with Gasteiger partial charge in [0, 0.05) is 13.1 Å². The summed E-state index contributed by atoms with van der Waals surface area (Å²) in [5, 5.41) is 0. The SMILES string of the molecule is CC1(CN)CCN(C(=O)C(C)(C)NS(C)(=O)=O)C1.Cl. The lowest BCUT2D eigenvalue weighted by atomic mass is 9.90. The Balaban J connectivity index is 0.00000324. The lowest BCUT2D eigenvalue weighted by Gasteiger charge is -2.30. The van der Waals surface area contributed by atoms with Gasteiger partial charge in [-0.2, -0.15) is 0 Å². The number of amides is 1. The number of nitrogens with two attached hydrogens (primary N) is 1. The van der Waals surface area contributed by atoms with E-state index in [0.29, 0.717) is 19.6 Å². The van der Waals surface area contributed by atoms with Gasteiger partial charge in [-0.15, -0.1) is 12.4 Å². The Kier molecular flexibility index (Phi) is 5.83. The standard InChI is InChI=1S/C11H23N3O3S.ClH/c1-10(2,13-18(4,16)17)9(15)14-6-5-11(3,7-12)8-14;/h13H,5-8,12H2,1-4H3;1H. The summed E-state index contributed by atoms with van der Waals surface area (Å²) < 4.78 is 24.9. The summed E-state index contributed by atoms with van der Waals surface area (Å²) in [7, 11) is -3.41. The van der Waals surface area contributed by atoms with Gasteiger partial charge >= 0.3 is 0 Å². The molecule has 0 aliphatic carbocycles. The third kappa shape index (κ3) is 4.91. The van der Waals surface area contributed by atoms with E-state index >= 15 is 0 Å². The summed E-state index contributed by atoms with van der Waals surface area (Å²) in [6, 6.07) is 0. The molecule has 1 unspecified atom stereocenters. The minimum absolute atomic E-state index is 0. The Morgan fingerprint density at radius 3 is 2.37 bits per heavy atom. The Morgan fingerprint density at radius 1 is 1.47 bits per heavy atom. The van der Waals surface area contributed by atoms with Gasteiger partial charge in [0.2, 0.25) is 15.9 Å². The number of carbonyl (C=O) groups is 1. The molecular formula is C11H24ClN3O3S. The molecular weight excluding hydrogens is 290 g/mol. The molecule has 19 heavy (non-hydrogen) atoms. The quantitative estimate of drug-likeness (QED) is 0.760. The Labute approximate surface area is 121 Å². The van der Waals surface area contributed by atoms with Crippen LogP contribution in [0.1, 0.15) is 27.2 Å². The maximum absolute atomic E-state index is 12.3. The molecule has 0 radical (unpaired) electrons. The van der Waals surface area contributed by atoms with Crippen LogP contribution >= 0.6 is 12.4 Å². The smallest absolute Gasteiger partial charge is 0.243 e. The van der Waals surface area contributed by atoms with Gasteiger partial charge in [0.05, 0.1) is 6.26 Å². The molecule has 0 aromatic heterocycles. The van der Waals surface area contributed by atoms with E-state index in [0.717, 1.165) is 12.7 Å². The molecule has 8 heteroatoms. The maximum atomic E-state index is 12.3. The average Bonchev–Trinajstić information content (AvgIpc) is 2.57. The number of nitrogens with one attached hydrogen (secondary N) is 1. The van der Waals surface area contributed by atoms with E-state index in [1.54, 1.807) is 18.7 Å². The Bertz CT molecular complexity index is 438. The molecule has 0 aromatic carbocycles. The van der Waals surface area contributed by atoms with Crippen LogP contribution in [0.25, 0.3) is 0 Å². The van der Waals surface area contributed by atoms with Crippen molar-refractivity contribution in [1.29, 1.82) is 0 Å². The predicted octanol–water partition coefficient (Wildman–Crippen LogP) is -0.0667. The van der Waals surface area contributed by atoms with Crippen molar-refractivity contribution >= 4 is 28.3 Å². The highest BCUT2D eigenvalue weighted by atomic mass is 35.5. The van der Waals surface area contributed by atoms with Crippen LogP contribution in [0.2, 0.25) is 0 Å². The third-order valence-electron chi connectivity index (χ3n) is 3.31. The Hall–Kier alpha value is -0.370. The molecule has 1 amide bonds. The number of sulfonamides is 1. The van der Waals surface area contributed by atoms with Gasteiger partial charge in [0.1, 0.15) is 5.54 Å². The molecule has 0 spiro atoms. The van der Waals surface area contributed by atoms with Gasteiger partial charge in [-0.05, 0) is 32.2 Å². The third-order valence-corrected chi connectivity index (χ3v) is 4.19. The number of likely N-dealkylation sites (tertiary alicyclic amines) is 1. The van der Waals surface area contributed by atoms with E-state index in [4.69, 9.17) is 5.73 Å². The second-order valence-electron chi connectivity index (χ2n) is 5.99. The zero-order valence-corrected chi connectivity index (χ0v) is 13.5. The number of hydrogen-bond acceptors (Lipinski definition) is 4. The normalized spacial score (nSPS) is 24.2. The van der Waals surface area contributed by atoms with Crippen LogP contribution in [0.5, 0.6) is 0 Å². The first-order valence-corrected chi connectivity index (χ1v) is 7.87. The predicted molar refractivity (Wildman–Crippen MR) is 77.7 cm³/mol. The highest BCUT2D eigenvalue weighted by Crippen LogP contribution is 2.29. The first-order valence-electron chi connectivity index (χ1n) is 5.97. The van der Waals surface area contributed by atoms with Crippen LogP contribution < -0.4 is 10.5 Å². The second-order valence-corrected chi connectivity index (χ2v) is 7.74. The minimum Gasteiger partial charge on any atom is -0.340 e. The molecule has 3 N–H and O–H groups in total. The van der Waals surface area contributed by atoms with Crippen molar-refractivity contribution < 1.29 is 13.2 Å². The van der Waals surface area contributed by atoms with Crippen molar-refractivity contribution in [1.82, 2.24) is 9.62 Å². The second kappa shape index (κ2) is 5.95. The van der Waals surface area contributed by atoms with Gasteiger partial charge in [0.15, 0.2) is 0 Å². The lowest BCUT2D eigenvalue weighted by Crippen LogP contribution is -2.55. The van der Waals surface area contributed by atoms with E-state index in [9.17, 15) is 13.2 Å². The van der Waals surface area contributed by atoms with Crippen LogP contribution in [-0.4, -0.2) is 50.7 Å². The molecule has 0 bridgehead atoms. The molecule has 1 aliphatic rings. The average molecular weight is 314 g/mol. The summed E-state index contributed by atoms with van der Waals surface area (Å²) in [6.45, 7) is 6.93. The van der Waals surface area contributed by atoms with Crippen molar-refractivity contribution in [2.45, 2.75) is 32.7 Å². The molecule has 0 saturated carbocycles. The molecule has 1 aliphatic heterocycles. The fraction of sp³-hybridized carbons (Fsp3) is 0.909. The fourth-order valence-corrected chi connectivity index (χ4v) is 3.28. The van der Waals surface area contributed by atoms with Gasteiger partial charge in [0.25, 0.3) is 0 Å². The lowest BCUT2D eigenvalue weighted by molar-refractivity contribution is -0.135. The monoisotopic (exact) mass is 313 g/mol. The topological polar surface area (TPSA) is 92.5 Å². The van der Waals surface area contributed by atoms with E-state index in [1.165, 1.54) is 0 Å². The number of rotatable bonds is 4. The van der Waals surface area contributed by atoms with E-state index < -0.39 is 15.6 Å². The number of nitrogens with zero attached hydrogens (tertiary/aromatic N) is 1. The van der Waals surface area contributed by atoms with Crippen molar-refractivity contribution in [3.8, 4) is 0 Å². The molecule has 1 rings (SSSR count). The minimum atomic E-state index is -3.41. The zero-order chi connectivity index (χ0) is 14.2. The molecule has 1 saturated heterocycles. The van der Waals surface area contributed by atoms with Gasteiger partial charge in [-0.25, -0.2) is 13.1 Å². The van der Waals surface area contributed by atoms with E-state index in [-0.39, 0.29) is 23.7 Å². The highest BCUT2D eigenvalue weighted by molar-refractivity contribution is 7.88. The summed E-state index contributed by atoms with van der Waals surface area (Å²) in [4.78, 5) is 14.0. The summed E-state index contributed by atoms with van der Waals surface area (Å²) in [5.41, 5.74) is 4.52. The first kappa shape index (κ1) is 18.6. The van der Waals surface area contributed by atoms with Crippen molar-refractivity contribution in [3.63, 3.8) is 0 Å². The first-order chi connectivity index (χ1) is 7.99. The van der Waals surface area contributed by atoms with Crippen LogP contribution in [0.15, 0.2) is 0 Å². The molecule has 6 nitrogen and oxygen atoms in total. The zero-order valence-electron chi connectivity index (χ0n) is 11.9. The summed E-state index contributed by atoms with van der Waals surface area (Å²) >= 11 is 0. The Morgan fingerprint density at radius 2 is 2.00 bits per heavy atom. The number of carbonyl (C=O) groups excluding carboxylic acids is 1. The van der Waals surface area contributed by atoms with Gasteiger partial charge in [-0.3, -0.25) is 4.79 Å². The molecule has 1 atom stereocenters. The van der Waals surface area contributed by atoms with E-state index in [2.05, 4.69) is 4.72 Å². The molecule has 1 heterocycles. The summed E-state index contributed by atoms with van der Waals surface area (Å²) in [5.74, 6) is -0.204. The van der Waals surface area contributed by atoms with Crippen LogP contribution in [0, 0.1) is 5.41 Å². The fourth-order valence-electron chi connectivity index (χ4n) is 2.27. The summed E-state index contributed by atoms with van der Waals surface area (Å²) in [6.07, 6.45) is 1.90. The van der Waals surface area contributed by atoms with Gasteiger partial charge in [-0.1, -0.05) is 6.92 Å². The molecule has 1 fully saturated rings. The van der Waals surface area contributed by atoms with Crippen molar-refractivity contribution in [2.24, 2.45) is 11.1 Å². The van der Waals surface area contributed by atoms with Crippen LogP contribution in [0.3, 0.4) is 0 Å². The maximum Gasteiger partial charge on any atom is 0.243 e. The molecule has 0 aromatic rings. The van der Waals surface area contributed by atoms with Crippen LogP contribution in [-0.2, 0) is 14.8 Å². The van der Waals surface area contributed by atoms with Crippen LogP contribution in [0.4, 0.5) is 0 Å². The molecule has 114 valence electrons. The van der Waals surface area contributed by atoms with Crippen molar-refractivity contribution in [3.05, 3.63) is 0 Å². The van der Waals surface area contributed by atoms with Crippen molar-refractivity contribution in [2.75, 3.05) is 25.9 Å². The largest absolute Gasteiger partial charge is 0.340 e. The number of halogens is 1. The van der Waals surface area contributed by atoms with Gasteiger partial charge < -0.3 is 10.6 Å². The van der Waals surface area contributed by atoms with E-state index in [1.807, 2.05) is 6.92 Å².